The maximum atomic E-state index is 11.9. The van der Waals surface area contributed by atoms with Crippen molar-refractivity contribution in [2.75, 3.05) is 7.11 Å². The van der Waals surface area contributed by atoms with Gasteiger partial charge in [0.15, 0.2) is 0 Å². The molecule has 0 N–H and O–H groups in total. The van der Waals surface area contributed by atoms with E-state index in [4.69, 9.17) is 4.74 Å². The Morgan fingerprint density at radius 3 is 2.32 bits per heavy atom. The fourth-order valence-corrected chi connectivity index (χ4v) is 2.41. The average molecular weight is 292 g/mol. The number of benzene rings is 2. The third-order valence-corrected chi connectivity index (χ3v) is 3.54. The number of hydrogen-bond donors (Lipinski definition) is 0. The Hall–Kier alpha value is -2.88. The molecule has 3 aromatic rings. The van der Waals surface area contributed by atoms with Crippen LogP contribution in [0, 0.1) is 0 Å². The highest BCUT2D eigenvalue weighted by Gasteiger charge is 2.12. The summed E-state index contributed by atoms with van der Waals surface area (Å²) < 4.78 is 6.62. The monoisotopic (exact) mass is 292 g/mol. The van der Waals surface area contributed by atoms with E-state index in [0.717, 1.165) is 22.4 Å². The molecule has 0 unspecified atom stereocenters. The molecule has 0 aliphatic rings. The van der Waals surface area contributed by atoms with Gasteiger partial charge in [0.05, 0.1) is 18.4 Å². The van der Waals surface area contributed by atoms with Crippen molar-refractivity contribution in [2.24, 2.45) is 7.05 Å². The molecule has 0 radical (unpaired) electrons. The summed E-state index contributed by atoms with van der Waals surface area (Å²) in [6, 6.07) is 17.4. The minimum Gasteiger partial charge on any atom is -0.465 e. The Labute approximate surface area is 129 Å². The minimum atomic E-state index is -0.329. The molecule has 0 saturated carbocycles. The summed E-state index contributed by atoms with van der Waals surface area (Å²) in [4.78, 5) is 11.9. The third kappa shape index (κ3) is 2.63. The Kier molecular flexibility index (Phi) is 3.74. The quantitative estimate of drug-likeness (QED) is 0.693. The van der Waals surface area contributed by atoms with Gasteiger partial charge in [-0.05, 0) is 23.3 Å². The average Bonchev–Trinajstić information content (AvgIpc) is 3.01. The van der Waals surface area contributed by atoms with E-state index >= 15 is 0 Å². The van der Waals surface area contributed by atoms with Crippen LogP contribution in [0.4, 0.5) is 0 Å². The largest absolute Gasteiger partial charge is 0.465 e. The van der Waals surface area contributed by atoms with Gasteiger partial charge >= 0.3 is 5.97 Å². The fraction of sp³-hybridized carbons (Fsp3) is 0.111. The number of aryl methyl sites for hydroxylation is 1. The van der Waals surface area contributed by atoms with E-state index in [9.17, 15) is 4.79 Å². The number of ether oxygens (including phenoxy) is 1. The number of rotatable bonds is 3. The zero-order valence-corrected chi connectivity index (χ0v) is 12.5. The third-order valence-electron chi connectivity index (χ3n) is 3.54. The van der Waals surface area contributed by atoms with Gasteiger partial charge in [-0.25, -0.2) is 4.79 Å². The van der Waals surface area contributed by atoms with Crippen LogP contribution < -0.4 is 0 Å². The van der Waals surface area contributed by atoms with Crippen LogP contribution in [0.25, 0.3) is 22.4 Å². The van der Waals surface area contributed by atoms with Crippen LogP contribution in [0.3, 0.4) is 0 Å². The van der Waals surface area contributed by atoms with Crippen molar-refractivity contribution in [2.45, 2.75) is 0 Å². The van der Waals surface area contributed by atoms with E-state index in [0.29, 0.717) is 5.56 Å². The molecule has 110 valence electrons. The summed E-state index contributed by atoms with van der Waals surface area (Å²) in [5.74, 6) is -0.329. The van der Waals surface area contributed by atoms with Gasteiger partial charge in [0, 0.05) is 18.8 Å². The molecule has 0 bridgehead atoms. The Morgan fingerprint density at radius 2 is 1.68 bits per heavy atom. The maximum Gasteiger partial charge on any atom is 0.338 e. The van der Waals surface area contributed by atoms with Gasteiger partial charge in [-0.3, -0.25) is 4.68 Å². The number of nitrogens with zero attached hydrogens (tertiary/aromatic N) is 2. The standard InChI is InChI=1S/C18H16N2O2/c1-20-12-11-17(19-20)14-9-7-13(8-10-14)15-5-3-4-6-16(15)18(21)22-2/h3-12H,1-2H3. The van der Waals surface area contributed by atoms with Crippen LogP contribution in [0.2, 0.25) is 0 Å². The van der Waals surface area contributed by atoms with E-state index in [2.05, 4.69) is 5.10 Å². The fourth-order valence-electron chi connectivity index (χ4n) is 2.41. The van der Waals surface area contributed by atoms with Crippen LogP contribution in [0.1, 0.15) is 10.4 Å². The van der Waals surface area contributed by atoms with E-state index in [1.165, 1.54) is 7.11 Å². The smallest absolute Gasteiger partial charge is 0.338 e. The second kappa shape index (κ2) is 5.85. The number of carbonyl (C=O) groups is 1. The molecule has 0 atom stereocenters. The van der Waals surface area contributed by atoms with Crippen molar-refractivity contribution in [3.63, 3.8) is 0 Å². The van der Waals surface area contributed by atoms with Crippen molar-refractivity contribution >= 4 is 5.97 Å². The van der Waals surface area contributed by atoms with Gasteiger partial charge in [0.2, 0.25) is 0 Å². The number of hydrogen-bond acceptors (Lipinski definition) is 3. The number of carbonyl (C=O) groups excluding carboxylic acids is 1. The Morgan fingerprint density at radius 1 is 1.00 bits per heavy atom. The predicted molar refractivity (Wildman–Crippen MR) is 85.4 cm³/mol. The molecule has 0 amide bonds. The van der Waals surface area contributed by atoms with Crippen LogP contribution in [-0.4, -0.2) is 22.9 Å². The first-order chi connectivity index (χ1) is 10.7. The SMILES string of the molecule is COC(=O)c1ccccc1-c1ccc(-c2ccn(C)n2)cc1. The lowest BCUT2D eigenvalue weighted by Gasteiger charge is -2.08. The summed E-state index contributed by atoms with van der Waals surface area (Å²) in [5.41, 5.74) is 4.37. The molecule has 0 aliphatic heterocycles. The lowest BCUT2D eigenvalue weighted by Crippen LogP contribution is -2.03. The number of methoxy groups -OCH3 is 1. The predicted octanol–water partition coefficient (Wildman–Crippen LogP) is 3.54. The summed E-state index contributed by atoms with van der Waals surface area (Å²) in [6.07, 6.45) is 1.91. The summed E-state index contributed by atoms with van der Waals surface area (Å²) in [7, 11) is 3.29. The van der Waals surface area contributed by atoms with Crippen molar-refractivity contribution in [3.8, 4) is 22.4 Å². The lowest BCUT2D eigenvalue weighted by molar-refractivity contribution is 0.0601. The maximum absolute atomic E-state index is 11.9. The van der Waals surface area contributed by atoms with Gasteiger partial charge in [0.1, 0.15) is 0 Å². The van der Waals surface area contributed by atoms with Gasteiger partial charge in [0.25, 0.3) is 0 Å². The van der Waals surface area contributed by atoms with Crippen molar-refractivity contribution in [3.05, 3.63) is 66.4 Å². The van der Waals surface area contributed by atoms with E-state index in [1.54, 1.807) is 10.7 Å². The van der Waals surface area contributed by atoms with Gasteiger partial charge in [-0.2, -0.15) is 5.10 Å². The molecule has 2 aromatic carbocycles. The van der Waals surface area contributed by atoms with Gasteiger partial charge in [-0.15, -0.1) is 0 Å². The first kappa shape index (κ1) is 14.1. The van der Waals surface area contributed by atoms with Crippen LogP contribution in [0.15, 0.2) is 60.8 Å². The highest BCUT2D eigenvalue weighted by Crippen LogP contribution is 2.27. The van der Waals surface area contributed by atoms with Crippen molar-refractivity contribution in [1.82, 2.24) is 9.78 Å². The van der Waals surface area contributed by atoms with Gasteiger partial charge < -0.3 is 4.74 Å². The molecular formula is C18H16N2O2. The zero-order chi connectivity index (χ0) is 15.5. The minimum absolute atomic E-state index is 0.329. The second-order valence-electron chi connectivity index (χ2n) is 4.99. The Bertz CT molecular complexity index is 804. The molecule has 4 heteroatoms. The molecular weight excluding hydrogens is 276 g/mol. The lowest BCUT2D eigenvalue weighted by atomic mass is 9.98. The molecule has 3 rings (SSSR count). The summed E-state index contributed by atoms with van der Waals surface area (Å²) in [5, 5.41) is 4.38. The summed E-state index contributed by atoms with van der Waals surface area (Å²) >= 11 is 0. The van der Waals surface area contributed by atoms with Crippen molar-refractivity contribution in [1.29, 1.82) is 0 Å². The van der Waals surface area contributed by atoms with E-state index in [1.807, 2.05) is 61.8 Å². The van der Waals surface area contributed by atoms with Crippen LogP contribution >= 0.6 is 0 Å². The number of esters is 1. The highest BCUT2D eigenvalue weighted by atomic mass is 16.5. The molecule has 22 heavy (non-hydrogen) atoms. The highest BCUT2D eigenvalue weighted by molar-refractivity contribution is 5.97. The van der Waals surface area contributed by atoms with Crippen molar-refractivity contribution < 1.29 is 9.53 Å². The zero-order valence-electron chi connectivity index (χ0n) is 12.5. The summed E-state index contributed by atoms with van der Waals surface area (Å²) in [6.45, 7) is 0. The van der Waals surface area contributed by atoms with Crippen LogP contribution in [-0.2, 0) is 11.8 Å². The topological polar surface area (TPSA) is 44.1 Å². The Balaban J connectivity index is 1.99. The second-order valence-corrected chi connectivity index (χ2v) is 4.99. The van der Waals surface area contributed by atoms with E-state index in [-0.39, 0.29) is 5.97 Å². The van der Waals surface area contributed by atoms with Gasteiger partial charge in [-0.1, -0.05) is 42.5 Å². The molecule has 4 nitrogen and oxygen atoms in total. The molecule has 0 saturated heterocycles. The molecule has 1 heterocycles. The first-order valence-electron chi connectivity index (χ1n) is 6.97. The van der Waals surface area contributed by atoms with Crippen LogP contribution in [0.5, 0.6) is 0 Å². The first-order valence-corrected chi connectivity index (χ1v) is 6.97. The molecule has 0 aliphatic carbocycles. The number of aromatic nitrogens is 2. The molecule has 0 spiro atoms. The van der Waals surface area contributed by atoms with E-state index < -0.39 is 0 Å². The normalized spacial score (nSPS) is 10.5. The molecule has 0 fully saturated rings. The molecule has 1 aromatic heterocycles.